The molecule has 3 aromatic rings. The third kappa shape index (κ3) is 12.0. The standard InChI is InChI=1S/C19H19N7O6.C9H17NO5/c20-19-25-15-14(17(30)26-19)23-11(8-22-15)7-21-10-3-1-9(2-4-10)16(29)24-12(18(31)32)5-6-13(27)28;1-9(2,5-11)7(14)8(15)10-4-3-6(12)13/h1-4,8,12,21H,5-7H2,(H,24,29)(H,27,28)(H,31,32)(H3,20,22,25,26,30);7,11,14H,3-5H2,1-2H3,(H,10,15)(H,12,13). The molecule has 11 N–H and O–H groups in total. The Bertz CT molecular complexity index is 1640. The first-order valence-corrected chi connectivity index (χ1v) is 13.9. The molecule has 2 aromatic heterocycles. The molecule has 254 valence electrons. The first-order chi connectivity index (χ1) is 22.0. The van der Waals surface area contributed by atoms with Crippen LogP contribution < -0.4 is 27.2 Å². The molecule has 47 heavy (non-hydrogen) atoms. The van der Waals surface area contributed by atoms with Crippen LogP contribution in [-0.4, -0.2) is 100 Å². The Hall–Kier alpha value is -5.69. The second-order valence-electron chi connectivity index (χ2n) is 10.7. The first-order valence-electron chi connectivity index (χ1n) is 13.9. The van der Waals surface area contributed by atoms with Gasteiger partial charge in [-0.2, -0.15) is 4.98 Å². The number of H-pyrrole nitrogens is 1. The molecule has 0 saturated heterocycles. The summed E-state index contributed by atoms with van der Waals surface area (Å²) in [4.78, 5) is 82.0. The van der Waals surface area contributed by atoms with Gasteiger partial charge in [0.25, 0.3) is 11.5 Å². The van der Waals surface area contributed by atoms with Crippen LogP contribution in [0.25, 0.3) is 11.2 Å². The monoisotopic (exact) mass is 660 g/mol. The molecule has 2 amide bonds. The molecule has 0 spiro atoms. The fraction of sp³-hybridized carbons (Fsp3) is 0.393. The SMILES string of the molecule is CC(C)(CO)C(O)C(=O)NCCC(=O)O.Nc1nc2ncc(CNc3ccc(C(=O)NC(CCC(=O)O)C(=O)O)cc3)nc2c(=O)[nH]1. The highest BCUT2D eigenvalue weighted by molar-refractivity contribution is 5.97. The number of benzene rings is 1. The lowest BCUT2D eigenvalue weighted by Crippen LogP contribution is -2.45. The van der Waals surface area contributed by atoms with Gasteiger partial charge in [-0.15, -0.1) is 0 Å². The van der Waals surface area contributed by atoms with E-state index in [1.807, 2.05) is 0 Å². The lowest BCUT2D eigenvalue weighted by molar-refractivity contribution is -0.141. The van der Waals surface area contributed by atoms with Gasteiger partial charge in [-0.25, -0.2) is 14.8 Å². The zero-order chi connectivity index (χ0) is 35.3. The maximum atomic E-state index is 12.3. The molecular formula is C28H36N8O11. The molecular weight excluding hydrogens is 624 g/mol. The number of anilines is 2. The molecule has 0 aliphatic rings. The van der Waals surface area contributed by atoms with E-state index in [0.29, 0.717) is 11.4 Å². The number of nitrogen functional groups attached to an aromatic ring is 1. The lowest BCUT2D eigenvalue weighted by Gasteiger charge is -2.26. The maximum Gasteiger partial charge on any atom is 0.326 e. The topological polar surface area (TPSA) is 320 Å². The summed E-state index contributed by atoms with van der Waals surface area (Å²) in [6.07, 6.45) is -0.707. The highest BCUT2D eigenvalue weighted by atomic mass is 16.4. The number of hydrogen-bond acceptors (Lipinski definition) is 13. The molecule has 19 nitrogen and oxygen atoms in total. The van der Waals surface area contributed by atoms with Crippen molar-refractivity contribution in [3.05, 3.63) is 52.1 Å². The van der Waals surface area contributed by atoms with Gasteiger partial charge in [-0.05, 0) is 30.7 Å². The fourth-order valence-electron chi connectivity index (χ4n) is 3.59. The van der Waals surface area contributed by atoms with Crippen molar-refractivity contribution in [2.45, 2.75) is 51.8 Å². The Kier molecular flexibility index (Phi) is 13.7. The number of aromatic amines is 1. The molecule has 2 atom stereocenters. The van der Waals surface area contributed by atoms with E-state index in [-0.39, 0.29) is 61.6 Å². The Morgan fingerprint density at radius 3 is 2.21 bits per heavy atom. The number of fused-ring (bicyclic) bond motifs is 1. The molecule has 0 bridgehead atoms. The van der Waals surface area contributed by atoms with E-state index in [1.54, 1.807) is 12.1 Å². The number of nitrogens with one attached hydrogen (secondary N) is 4. The van der Waals surface area contributed by atoms with Gasteiger partial charge in [0.1, 0.15) is 12.1 Å². The summed E-state index contributed by atoms with van der Waals surface area (Å²) in [6.45, 7) is 2.94. The number of carbonyl (C=O) groups is 5. The van der Waals surface area contributed by atoms with Crippen molar-refractivity contribution in [1.82, 2.24) is 30.6 Å². The smallest absolute Gasteiger partial charge is 0.326 e. The lowest BCUT2D eigenvalue weighted by atomic mass is 9.87. The summed E-state index contributed by atoms with van der Waals surface area (Å²) >= 11 is 0. The van der Waals surface area contributed by atoms with Crippen molar-refractivity contribution in [3.8, 4) is 0 Å². The Morgan fingerprint density at radius 1 is 1.00 bits per heavy atom. The van der Waals surface area contributed by atoms with Crippen molar-refractivity contribution >= 4 is 52.5 Å². The highest BCUT2D eigenvalue weighted by Crippen LogP contribution is 2.19. The summed E-state index contributed by atoms with van der Waals surface area (Å²) in [5.41, 5.74) is 5.53. The van der Waals surface area contributed by atoms with E-state index < -0.39 is 52.8 Å². The van der Waals surface area contributed by atoms with Crippen LogP contribution in [-0.2, 0) is 25.7 Å². The van der Waals surface area contributed by atoms with Crippen LogP contribution in [0.5, 0.6) is 0 Å². The fourth-order valence-corrected chi connectivity index (χ4v) is 3.59. The van der Waals surface area contributed by atoms with Gasteiger partial charge in [0.15, 0.2) is 11.2 Å². The second kappa shape index (κ2) is 17.1. The van der Waals surface area contributed by atoms with Crippen LogP contribution in [0.1, 0.15) is 49.2 Å². The number of hydrogen-bond donors (Lipinski definition) is 10. The zero-order valence-electron chi connectivity index (χ0n) is 25.4. The van der Waals surface area contributed by atoms with Crippen LogP contribution in [0.3, 0.4) is 0 Å². The second-order valence-corrected chi connectivity index (χ2v) is 10.7. The molecule has 2 unspecified atom stereocenters. The number of rotatable bonds is 15. The average molecular weight is 661 g/mol. The van der Waals surface area contributed by atoms with Gasteiger partial charge < -0.3 is 47.2 Å². The quantitative estimate of drug-likeness (QED) is 0.0925. The van der Waals surface area contributed by atoms with E-state index >= 15 is 0 Å². The number of nitrogens with zero attached hydrogens (tertiary/aromatic N) is 3. The minimum absolute atomic E-state index is 0.0350. The van der Waals surface area contributed by atoms with Gasteiger partial charge >= 0.3 is 17.9 Å². The molecule has 0 aliphatic heterocycles. The van der Waals surface area contributed by atoms with Crippen molar-refractivity contribution in [3.63, 3.8) is 0 Å². The van der Waals surface area contributed by atoms with E-state index in [9.17, 15) is 33.9 Å². The van der Waals surface area contributed by atoms with Gasteiger partial charge in [0.2, 0.25) is 11.9 Å². The van der Waals surface area contributed by atoms with Gasteiger partial charge in [0, 0.05) is 29.6 Å². The highest BCUT2D eigenvalue weighted by Gasteiger charge is 2.32. The van der Waals surface area contributed by atoms with Gasteiger partial charge in [-0.1, -0.05) is 13.8 Å². The predicted octanol–water partition coefficient (Wildman–Crippen LogP) is -1.09. The number of aliphatic hydroxyl groups excluding tert-OH is 2. The number of carboxylic acids is 3. The van der Waals surface area contributed by atoms with Gasteiger partial charge in [0.05, 0.1) is 31.5 Å². The van der Waals surface area contributed by atoms with Gasteiger partial charge in [-0.3, -0.25) is 29.0 Å². The Morgan fingerprint density at radius 2 is 1.64 bits per heavy atom. The number of nitrogens with two attached hydrogens (primary N) is 1. The molecule has 1 aromatic carbocycles. The van der Waals surface area contributed by atoms with Crippen LogP contribution >= 0.6 is 0 Å². The van der Waals surface area contributed by atoms with Crippen LogP contribution in [0.4, 0.5) is 11.6 Å². The Balaban J connectivity index is 0.000000433. The van der Waals surface area contributed by atoms with Crippen molar-refractivity contribution in [1.29, 1.82) is 0 Å². The number of aromatic nitrogens is 4. The summed E-state index contributed by atoms with van der Waals surface area (Å²) in [5, 5.41) is 52.2. The third-order valence-corrected chi connectivity index (χ3v) is 6.39. The van der Waals surface area contributed by atoms with E-state index in [1.165, 1.54) is 32.2 Å². The number of carbonyl (C=O) groups excluding carboxylic acids is 2. The number of aliphatic carboxylic acids is 3. The van der Waals surface area contributed by atoms with Crippen LogP contribution in [0, 0.1) is 5.41 Å². The first kappa shape index (κ1) is 37.5. The third-order valence-electron chi connectivity index (χ3n) is 6.39. The van der Waals surface area contributed by atoms with Crippen LogP contribution in [0.2, 0.25) is 0 Å². The zero-order valence-corrected chi connectivity index (χ0v) is 25.4. The Labute approximate surface area is 266 Å². The van der Waals surface area contributed by atoms with E-state index in [4.69, 9.17) is 26.2 Å². The minimum atomic E-state index is -1.35. The average Bonchev–Trinajstić information content (AvgIpc) is 3.01. The predicted molar refractivity (Wildman–Crippen MR) is 164 cm³/mol. The number of amides is 2. The van der Waals surface area contributed by atoms with E-state index in [2.05, 4.69) is 35.9 Å². The van der Waals surface area contributed by atoms with E-state index in [0.717, 1.165) is 0 Å². The number of aliphatic hydroxyl groups is 2. The largest absolute Gasteiger partial charge is 0.481 e. The normalized spacial score (nSPS) is 12.2. The molecule has 0 fully saturated rings. The van der Waals surface area contributed by atoms with Crippen molar-refractivity contribution < 1.29 is 49.5 Å². The molecule has 19 heteroatoms. The summed E-state index contributed by atoms with van der Waals surface area (Å²) < 4.78 is 0. The molecule has 0 radical (unpaired) electrons. The molecule has 0 aliphatic carbocycles. The molecule has 0 saturated carbocycles. The maximum absolute atomic E-state index is 12.3. The molecule has 3 rings (SSSR count). The summed E-state index contributed by atoms with van der Waals surface area (Å²) in [7, 11) is 0. The number of carboxylic acid groups (broad SMARTS) is 3. The summed E-state index contributed by atoms with van der Waals surface area (Å²) in [5.74, 6) is -4.85. The minimum Gasteiger partial charge on any atom is -0.481 e. The van der Waals surface area contributed by atoms with Crippen molar-refractivity contribution in [2.24, 2.45) is 5.41 Å². The van der Waals surface area contributed by atoms with Crippen LogP contribution in [0.15, 0.2) is 35.3 Å². The summed E-state index contributed by atoms with van der Waals surface area (Å²) in [6, 6.07) is 4.86. The molecule has 2 heterocycles. The van der Waals surface area contributed by atoms with Crippen molar-refractivity contribution in [2.75, 3.05) is 24.2 Å².